The Balaban J connectivity index is 2.52. The molecule has 0 bridgehead atoms. The molecule has 2 N–H and O–H groups in total. The Morgan fingerprint density at radius 3 is 2.44 bits per heavy atom. The Bertz CT molecular complexity index is 432. The predicted octanol–water partition coefficient (Wildman–Crippen LogP) is 2.69. The van der Waals surface area contributed by atoms with Crippen LogP contribution in [-0.2, 0) is 10.2 Å². The highest BCUT2D eigenvalue weighted by Gasteiger charge is 2.46. The van der Waals surface area contributed by atoms with Crippen LogP contribution in [-0.4, -0.2) is 16.2 Å². The average Bonchev–Trinajstić information content (AvgIpc) is 2.11. The van der Waals surface area contributed by atoms with Gasteiger partial charge in [-0.05, 0) is 30.5 Å². The van der Waals surface area contributed by atoms with Crippen molar-refractivity contribution in [1.29, 1.82) is 0 Å². The first kappa shape index (κ1) is 11.2. The maximum Gasteiger partial charge on any atom is 0.314 e. The second-order valence-electron chi connectivity index (χ2n) is 4.03. The van der Waals surface area contributed by atoms with Crippen LogP contribution in [0.1, 0.15) is 24.8 Å². The normalized spacial score (nSPS) is 17.9. The molecule has 0 heterocycles. The van der Waals surface area contributed by atoms with Crippen LogP contribution >= 0.6 is 11.6 Å². The van der Waals surface area contributed by atoms with Crippen molar-refractivity contribution in [2.45, 2.75) is 24.7 Å². The van der Waals surface area contributed by atoms with E-state index in [0.717, 1.165) is 12.5 Å². The lowest BCUT2D eigenvalue weighted by Crippen LogP contribution is -2.42. The van der Waals surface area contributed by atoms with E-state index in [4.69, 9.17) is 16.7 Å². The van der Waals surface area contributed by atoms with E-state index in [1.807, 2.05) is 0 Å². The number of rotatable bonds is 2. The molecule has 16 heavy (non-hydrogen) atoms. The molecule has 0 spiro atoms. The van der Waals surface area contributed by atoms with Gasteiger partial charge in [-0.25, -0.2) is 4.39 Å². The predicted molar refractivity (Wildman–Crippen MR) is 56.2 cm³/mol. The summed E-state index contributed by atoms with van der Waals surface area (Å²) in [6.07, 6.45) is 1.71. The Morgan fingerprint density at radius 2 is 2.06 bits per heavy atom. The molecular formula is C11H10ClFO3. The number of carbonyl (C=O) groups is 1. The number of phenols is 1. The topological polar surface area (TPSA) is 57.5 Å². The number of carboxylic acid groups (broad SMARTS) is 1. The molecule has 2 rings (SSSR count). The minimum atomic E-state index is -1.05. The van der Waals surface area contributed by atoms with Gasteiger partial charge in [-0.3, -0.25) is 4.79 Å². The quantitative estimate of drug-likeness (QED) is 0.841. The molecule has 1 fully saturated rings. The molecule has 0 radical (unpaired) electrons. The monoisotopic (exact) mass is 244 g/mol. The second kappa shape index (κ2) is 3.63. The molecule has 86 valence electrons. The van der Waals surface area contributed by atoms with E-state index in [-0.39, 0.29) is 10.6 Å². The first-order valence-corrected chi connectivity index (χ1v) is 5.27. The van der Waals surface area contributed by atoms with Gasteiger partial charge in [-0.15, -0.1) is 0 Å². The van der Waals surface area contributed by atoms with Crippen LogP contribution in [0.2, 0.25) is 5.02 Å². The molecule has 1 saturated carbocycles. The summed E-state index contributed by atoms with van der Waals surface area (Å²) >= 11 is 5.47. The zero-order valence-electron chi connectivity index (χ0n) is 8.33. The lowest BCUT2D eigenvalue weighted by atomic mass is 9.64. The number of benzene rings is 1. The average molecular weight is 245 g/mol. The SMILES string of the molecule is O=C(O)C1(c2cc(O)c(Cl)c(F)c2)CCC1. The number of hydrogen-bond acceptors (Lipinski definition) is 2. The number of phenolic OH excluding ortho intramolecular Hbond substituents is 1. The fraction of sp³-hybridized carbons (Fsp3) is 0.364. The van der Waals surface area contributed by atoms with Gasteiger partial charge in [-0.2, -0.15) is 0 Å². The van der Waals surface area contributed by atoms with Crippen molar-refractivity contribution in [2.75, 3.05) is 0 Å². The second-order valence-corrected chi connectivity index (χ2v) is 4.41. The summed E-state index contributed by atoms with van der Waals surface area (Å²) in [6, 6.07) is 2.33. The summed E-state index contributed by atoms with van der Waals surface area (Å²) in [6.45, 7) is 0. The molecular weight excluding hydrogens is 235 g/mol. The van der Waals surface area contributed by atoms with Gasteiger partial charge in [0, 0.05) is 0 Å². The van der Waals surface area contributed by atoms with Gasteiger partial charge in [0.2, 0.25) is 0 Å². The lowest BCUT2D eigenvalue weighted by Gasteiger charge is -2.38. The number of carboxylic acids is 1. The highest BCUT2D eigenvalue weighted by molar-refractivity contribution is 6.32. The molecule has 0 atom stereocenters. The standard InChI is InChI=1S/C11H10ClFO3/c12-9-7(13)4-6(5-8(9)14)11(10(15)16)2-1-3-11/h4-5,14H,1-3H2,(H,15,16). The number of hydrogen-bond donors (Lipinski definition) is 2. The summed E-state index contributed by atoms with van der Waals surface area (Å²) in [7, 11) is 0. The van der Waals surface area contributed by atoms with Gasteiger partial charge >= 0.3 is 5.97 Å². The van der Waals surface area contributed by atoms with Crippen molar-refractivity contribution in [2.24, 2.45) is 0 Å². The first-order valence-electron chi connectivity index (χ1n) is 4.89. The van der Waals surface area contributed by atoms with Crippen LogP contribution in [0.3, 0.4) is 0 Å². The highest BCUT2D eigenvalue weighted by atomic mass is 35.5. The van der Waals surface area contributed by atoms with Crippen molar-refractivity contribution in [3.63, 3.8) is 0 Å². The van der Waals surface area contributed by atoms with E-state index in [1.54, 1.807) is 0 Å². The third-order valence-electron chi connectivity index (χ3n) is 3.18. The molecule has 0 aliphatic heterocycles. The van der Waals surface area contributed by atoms with Crippen molar-refractivity contribution < 1.29 is 19.4 Å². The Hall–Kier alpha value is -1.29. The molecule has 3 nitrogen and oxygen atoms in total. The smallest absolute Gasteiger partial charge is 0.314 e. The molecule has 1 aromatic carbocycles. The zero-order valence-corrected chi connectivity index (χ0v) is 9.09. The summed E-state index contributed by atoms with van der Waals surface area (Å²) in [4.78, 5) is 11.2. The van der Waals surface area contributed by atoms with Crippen LogP contribution in [0.5, 0.6) is 5.75 Å². The number of aliphatic carboxylic acids is 1. The van der Waals surface area contributed by atoms with Crippen LogP contribution in [0.15, 0.2) is 12.1 Å². The third-order valence-corrected chi connectivity index (χ3v) is 3.55. The Labute approximate surface area is 96.5 Å². The van der Waals surface area contributed by atoms with Crippen molar-refractivity contribution in [3.05, 3.63) is 28.5 Å². The summed E-state index contributed by atoms with van der Waals surface area (Å²) in [5.74, 6) is -2.19. The molecule has 5 heteroatoms. The van der Waals surface area contributed by atoms with E-state index in [2.05, 4.69) is 0 Å². The maximum absolute atomic E-state index is 13.3. The molecule has 0 aromatic heterocycles. The first-order chi connectivity index (χ1) is 7.47. The molecule has 0 unspecified atom stereocenters. The third kappa shape index (κ3) is 1.45. The van der Waals surface area contributed by atoms with E-state index in [0.29, 0.717) is 12.8 Å². The summed E-state index contributed by atoms with van der Waals surface area (Å²) < 4.78 is 13.3. The Morgan fingerprint density at radius 1 is 1.44 bits per heavy atom. The summed E-state index contributed by atoms with van der Waals surface area (Å²) in [5.41, 5.74) is -0.770. The summed E-state index contributed by atoms with van der Waals surface area (Å²) in [5, 5.41) is 18.2. The van der Waals surface area contributed by atoms with Gasteiger partial charge in [0.15, 0.2) is 0 Å². The fourth-order valence-corrected chi connectivity index (χ4v) is 2.12. The van der Waals surface area contributed by atoms with Gasteiger partial charge in [0.05, 0.1) is 5.41 Å². The zero-order chi connectivity index (χ0) is 11.9. The Kier molecular flexibility index (Phi) is 2.54. The molecule has 1 aliphatic carbocycles. The molecule has 0 saturated heterocycles. The van der Waals surface area contributed by atoms with E-state index >= 15 is 0 Å². The lowest BCUT2D eigenvalue weighted by molar-refractivity contribution is -0.147. The van der Waals surface area contributed by atoms with Gasteiger partial charge < -0.3 is 10.2 Å². The van der Waals surface area contributed by atoms with Crippen molar-refractivity contribution in [1.82, 2.24) is 0 Å². The molecule has 1 aliphatic rings. The van der Waals surface area contributed by atoms with Gasteiger partial charge in [0.25, 0.3) is 0 Å². The van der Waals surface area contributed by atoms with Gasteiger partial charge in [-0.1, -0.05) is 18.0 Å². The molecule has 0 amide bonds. The van der Waals surface area contributed by atoms with Crippen LogP contribution < -0.4 is 0 Å². The largest absolute Gasteiger partial charge is 0.506 e. The van der Waals surface area contributed by atoms with E-state index < -0.39 is 23.0 Å². The maximum atomic E-state index is 13.3. The van der Waals surface area contributed by atoms with E-state index in [1.165, 1.54) is 6.07 Å². The van der Waals surface area contributed by atoms with Crippen LogP contribution in [0, 0.1) is 5.82 Å². The van der Waals surface area contributed by atoms with Crippen molar-refractivity contribution in [3.8, 4) is 5.75 Å². The number of halogens is 2. The number of aromatic hydroxyl groups is 1. The molecule has 1 aromatic rings. The highest BCUT2D eigenvalue weighted by Crippen LogP contribution is 2.46. The minimum Gasteiger partial charge on any atom is -0.506 e. The van der Waals surface area contributed by atoms with Crippen LogP contribution in [0.25, 0.3) is 0 Å². The van der Waals surface area contributed by atoms with Gasteiger partial charge in [0.1, 0.15) is 16.6 Å². The van der Waals surface area contributed by atoms with E-state index in [9.17, 15) is 14.3 Å². The van der Waals surface area contributed by atoms with Crippen LogP contribution in [0.4, 0.5) is 4.39 Å². The fourth-order valence-electron chi connectivity index (χ4n) is 2.01. The van der Waals surface area contributed by atoms with Crippen molar-refractivity contribution >= 4 is 17.6 Å². The minimum absolute atomic E-state index is 0.283.